The third-order valence-corrected chi connectivity index (χ3v) is 4.07. The highest BCUT2D eigenvalue weighted by molar-refractivity contribution is 6.19. The molecule has 0 N–H and O–H groups in total. The number of imide groups is 1. The molecule has 0 aromatic heterocycles. The van der Waals surface area contributed by atoms with Crippen LogP contribution in [0.3, 0.4) is 0 Å². The number of ether oxygens (including phenoxy) is 1. The van der Waals surface area contributed by atoms with E-state index in [-0.39, 0.29) is 24.5 Å². The van der Waals surface area contributed by atoms with Crippen molar-refractivity contribution in [2.75, 3.05) is 18.6 Å². The molecule has 1 aliphatic carbocycles. The number of benzene rings is 1. The van der Waals surface area contributed by atoms with E-state index < -0.39 is 0 Å². The zero-order valence-corrected chi connectivity index (χ0v) is 11.5. The minimum Gasteiger partial charge on any atom is -0.497 e. The Bertz CT molecular complexity index is 538. The first kappa shape index (κ1) is 13.0. The maximum atomic E-state index is 12.5. The molecule has 106 valence electrons. The van der Waals surface area contributed by atoms with Gasteiger partial charge in [-0.15, -0.1) is 0 Å². The largest absolute Gasteiger partial charge is 0.497 e. The van der Waals surface area contributed by atoms with Crippen LogP contribution in [0.2, 0.25) is 0 Å². The van der Waals surface area contributed by atoms with Crippen molar-refractivity contribution >= 4 is 17.6 Å². The molecule has 1 aliphatic heterocycles. The van der Waals surface area contributed by atoms with Gasteiger partial charge < -0.3 is 9.64 Å². The first-order chi connectivity index (χ1) is 9.70. The summed E-state index contributed by atoms with van der Waals surface area (Å²) in [6.45, 7) is 0.195. The Hall–Kier alpha value is -2.04. The summed E-state index contributed by atoms with van der Waals surface area (Å²) in [6, 6.07) is 7.08. The van der Waals surface area contributed by atoms with Crippen LogP contribution in [0.4, 0.5) is 10.5 Å². The second-order valence-corrected chi connectivity index (χ2v) is 5.28. The minimum absolute atomic E-state index is 0.157. The molecule has 0 spiro atoms. The number of rotatable bonds is 3. The molecular weight excluding hydrogens is 256 g/mol. The van der Waals surface area contributed by atoms with E-state index in [4.69, 9.17) is 4.74 Å². The number of hydrogen-bond donors (Lipinski definition) is 0. The number of methoxy groups -OCH3 is 1. The maximum Gasteiger partial charge on any atom is 0.332 e. The van der Waals surface area contributed by atoms with E-state index >= 15 is 0 Å². The summed E-state index contributed by atoms with van der Waals surface area (Å²) in [7, 11) is 1.57. The van der Waals surface area contributed by atoms with E-state index in [1.807, 2.05) is 0 Å². The standard InChI is InChI=1S/C15H18N2O3/c1-20-13-8-4-7-12(9-13)17-14(18)10-16(15(17)19)11-5-2-3-6-11/h4,7-9,11H,2-3,5-6,10H2,1H3. The Balaban J connectivity index is 1.85. The fourth-order valence-electron chi connectivity index (χ4n) is 3.02. The maximum absolute atomic E-state index is 12.5. The monoisotopic (exact) mass is 274 g/mol. The molecule has 1 aromatic carbocycles. The number of urea groups is 1. The third kappa shape index (κ3) is 2.13. The smallest absolute Gasteiger partial charge is 0.332 e. The molecule has 0 unspecified atom stereocenters. The van der Waals surface area contributed by atoms with Gasteiger partial charge in [-0.25, -0.2) is 9.69 Å². The molecule has 1 heterocycles. The Kier molecular flexibility index (Phi) is 3.34. The molecule has 3 amide bonds. The van der Waals surface area contributed by atoms with Crippen molar-refractivity contribution in [1.29, 1.82) is 0 Å². The number of carbonyl (C=O) groups excluding carboxylic acids is 2. The van der Waals surface area contributed by atoms with Gasteiger partial charge in [0.05, 0.1) is 12.8 Å². The van der Waals surface area contributed by atoms with Crippen molar-refractivity contribution in [1.82, 2.24) is 4.90 Å². The first-order valence-electron chi connectivity index (χ1n) is 6.98. The Morgan fingerprint density at radius 2 is 1.95 bits per heavy atom. The molecule has 3 rings (SSSR count). The van der Waals surface area contributed by atoms with Crippen LogP contribution in [0.5, 0.6) is 5.75 Å². The van der Waals surface area contributed by atoms with Crippen LogP contribution < -0.4 is 9.64 Å². The lowest BCUT2D eigenvalue weighted by Gasteiger charge is -2.23. The lowest BCUT2D eigenvalue weighted by Crippen LogP contribution is -2.38. The van der Waals surface area contributed by atoms with E-state index in [1.54, 1.807) is 36.3 Å². The summed E-state index contributed by atoms with van der Waals surface area (Å²) >= 11 is 0. The predicted octanol–water partition coefficient (Wildman–Crippen LogP) is 2.41. The lowest BCUT2D eigenvalue weighted by atomic mass is 10.2. The van der Waals surface area contributed by atoms with Crippen molar-refractivity contribution in [2.45, 2.75) is 31.7 Å². The SMILES string of the molecule is COc1cccc(N2C(=O)CN(C3CCCC3)C2=O)c1. The number of hydrogen-bond acceptors (Lipinski definition) is 3. The van der Waals surface area contributed by atoms with Crippen LogP contribution >= 0.6 is 0 Å². The van der Waals surface area contributed by atoms with Gasteiger partial charge >= 0.3 is 6.03 Å². The van der Waals surface area contributed by atoms with Crippen LogP contribution in [-0.2, 0) is 4.79 Å². The molecule has 5 heteroatoms. The Labute approximate surface area is 118 Å². The van der Waals surface area contributed by atoms with E-state index in [0.29, 0.717) is 11.4 Å². The minimum atomic E-state index is -0.199. The van der Waals surface area contributed by atoms with E-state index in [1.165, 1.54) is 4.90 Å². The summed E-state index contributed by atoms with van der Waals surface area (Å²) in [6.07, 6.45) is 4.29. The molecule has 5 nitrogen and oxygen atoms in total. The zero-order chi connectivity index (χ0) is 14.1. The third-order valence-electron chi connectivity index (χ3n) is 4.07. The van der Waals surface area contributed by atoms with Crippen LogP contribution in [0.25, 0.3) is 0 Å². The Morgan fingerprint density at radius 1 is 1.20 bits per heavy atom. The zero-order valence-electron chi connectivity index (χ0n) is 11.5. The summed E-state index contributed by atoms with van der Waals surface area (Å²) in [5.41, 5.74) is 0.583. The van der Waals surface area contributed by atoms with Gasteiger partial charge in [-0.1, -0.05) is 18.9 Å². The highest BCUT2D eigenvalue weighted by Gasteiger charge is 2.41. The van der Waals surface area contributed by atoms with Gasteiger partial charge in [0.1, 0.15) is 12.3 Å². The Morgan fingerprint density at radius 3 is 2.65 bits per heavy atom. The number of anilines is 1. The van der Waals surface area contributed by atoms with E-state index in [0.717, 1.165) is 25.7 Å². The highest BCUT2D eigenvalue weighted by Crippen LogP contribution is 2.30. The molecule has 0 atom stereocenters. The highest BCUT2D eigenvalue weighted by atomic mass is 16.5. The van der Waals surface area contributed by atoms with Crippen LogP contribution in [0.15, 0.2) is 24.3 Å². The summed E-state index contributed by atoms with van der Waals surface area (Å²) in [5.74, 6) is 0.484. The van der Waals surface area contributed by atoms with Crippen LogP contribution in [0.1, 0.15) is 25.7 Å². The number of amides is 3. The predicted molar refractivity (Wildman–Crippen MR) is 74.8 cm³/mol. The van der Waals surface area contributed by atoms with Crippen molar-refractivity contribution in [3.05, 3.63) is 24.3 Å². The fourth-order valence-corrected chi connectivity index (χ4v) is 3.02. The average molecular weight is 274 g/mol. The van der Waals surface area contributed by atoms with Gasteiger partial charge in [-0.05, 0) is 25.0 Å². The van der Waals surface area contributed by atoms with Crippen molar-refractivity contribution in [2.24, 2.45) is 0 Å². The van der Waals surface area contributed by atoms with Crippen molar-refractivity contribution in [3.63, 3.8) is 0 Å². The topological polar surface area (TPSA) is 49.9 Å². The summed E-state index contributed by atoms with van der Waals surface area (Å²) in [5, 5.41) is 0. The molecule has 1 aromatic rings. The van der Waals surface area contributed by atoms with Crippen LogP contribution in [-0.4, -0.2) is 36.5 Å². The molecule has 1 saturated carbocycles. The van der Waals surface area contributed by atoms with Gasteiger partial charge in [0.25, 0.3) is 5.91 Å². The quantitative estimate of drug-likeness (QED) is 0.795. The van der Waals surface area contributed by atoms with Gasteiger partial charge in [0, 0.05) is 12.1 Å². The second kappa shape index (κ2) is 5.15. The van der Waals surface area contributed by atoms with Gasteiger partial charge in [0.15, 0.2) is 0 Å². The molecular formula is C15H18N2O3. The molecule has 2 aliphatic rings. The fraction of sp³-hybridized carbons (Fsp3) is 0.467. The molecule has 20 heavy (non-hydrogen) atoms. The van der Waals surface area contributed by atoms with Crippen LogP contribution in [0, 0.1) is 0 Å². The second-order valence-electron chi connectivity index (χ2n) is 5.28. The van der Waals surface area contributed by atoms with E-state index in [2.05, 4.69) is 0 Å². The molecule has 2 fully saturated rings. The van der Waals surface area contributed by atoms with Crippen molar-refractivity contribution in [3.8, 4) is 5.75 Å². The molecule has 1 saturated heterocycles. The van der Waals surface area contributed by atoms with Gasteiger partial charge in [-0.2, -0.15) is 0 Å². The average Bonchev–Trinajstić information content (AvgIpc) is 3.07. The number of nitrogens with zero attached hydrogens (tertiary/aromatic N) is 2. The van der Waals surface area contributed by atoms with E-state index in [9.17, 15) is 9.59 Å². The molecule has 0 bridgehead atoms. The normalized spacial score (nSPS) is 20.1. The van der Waals surface area contributed by atoms with Gasteiger partial charge in [0.2, 0.25) is 0 Å². The van der Waals surface area contributed by atoms with Crippen molar-refractivity contribution < 1.29 is 14.3 Å². The van der Waals surface area contributed by atoms with Gasteiger partial charge in [-0.3, -0.25) is 4.79 Å². The molecule has 0 radical (unpaired) electrons. The summed E-state index contributed by atoms with van der Waals surface area (Å²) in [4.78, 5) is 27.6. The summed E-state index contributed by atoms with van der Waals surface area (Å²) < 4.78 is 5.15. The number of carbonyl (C=O) groups is 2. The lowest BCUT2D eigenvalue weighted by molar-refractivity contribution is -0.116. The first-order valence-corrected chi connectivity index (χ1v) is 6.98.